The fraction of sp³-hybridized carbons (Fsp3) is 0.435. The van der Waals surface area contributed by atoms with Crippen molar-refractivity contribution in [2.24, 2.45) is 4.99 Å². The molecule has 1 aromatic carbocycles. The Bertz CT molecular complexity index is 956. The molecule has 0 bridgehead atoms. The minimum atomic E-state index is -1.03. The van der Waals surface area contributed by atoms with Gasteiger partial charge >= 0.3 is 0 Å². The van der Waals surface area contributed by atoms with Crippen LogP contribution in [0.15, 0.2) is 41.5 Å². The number of hydrogen-bond donors (Lipinski definition) is 3. The van der Waals surface area contributed by atoms with Gasteiger partial charge in [-0.05, 0) is 43.2 Å². The van der Waals surface area contributed by atoms with E-state index in [2.05, 4.69) is 29.5 Å². The molecule has 4 rings (SSSR count). The van der Waals surface area contributed by atoms with E-state index in [1.54, 1.807) is 30.0 Å². The standard InChI is InChI=1S/C23H29FN4O3/c1-3-4-5-6-7-16-12-28(23-21(30)20(29)15(2)31-23)22-19(16)13-27(14-25-22)26-18-10-8-17(24)9-11-18/h6-12,14-15,20-21,23,26,29-30H,3-5,13H2,1-2H3/t15-,20-,21-,23-/m1/s1. The van der Waals surface area contributed by atoms with Gasteiger partial charge in [-0.1, -0.05) is 31.9 Å². The summed E-state index contributed by atoms with van der Waals surface area (Å²) in [6, 6.07) is 6.14. The zero-order valence-corrected chi connectivity index (χ0v) is 17.8. The third-order valence-corrected chi connectivity index (χ3v) is 5.68. The van der Waals surface area contributed by atoms with E-state index in [0.717, 1.165) is 36.1 Å². The molecular formula is C23H29FN4O3. The van der Waals surface area contributed by atoms with E-state index >= 15 is 0 Å². The van der Waals surface area contributed by atoms with Crippen molar-refractivity contribution in [2.75, 3.05) is 5.43 Å². The number of nitrogens with zero attached hydrogens (tertiary/aromatic N) is 3. The lowest BCUT2D eigenvalue weighted by atomic mass is 10.1. The van der Waals surface area contributed by atoms with Crippen LogP contribution in [0.5, 0.6) is 0 Å². The van der Waals surface area contributed by atoms with Crippen molar-refractivity contribution in [2.45, 2.75) is 64.2 Å². The molecule has 2 aromatic rings. The number of hydrogen-bond acceptors (Lipinski definition) is 6. The van der Waals surface area contributed by atoms with Crippen LogP contribution in [0, 0.1) is 5.82 Å². The maximum atomic E-state index is 13.2. The van der Waals surface area contributed by atoms with E-state index < -0.39 is 24.5 Å². The molecule has 1 aromatic heterocycles. The third-order valence-electron chi connectivity index (χ3n) is 5.68. The Kier molecular flexibility index (Phi) is 6.41. The number of aromatic nitrogens is 1. The second kappa shape index (κ2) is 9.21. The molecule has 31 heavy (non-hydrogen) atoms. The van der Waals surface area contributed by atoms with Crippen molar-refractivity contribution in [3.05, 3.63) is 53.5 Å². The van der Waals surface area contributed by atoms with Crippen LogP contribution >= 0.6 is 0 Å². The number of anilines is 1. The molecule has 2 aliphatic heterocycles. The predicted molar refractivity (Wildman–Crippen MR) is 118 cm³/mol. The molecule has 3 heterocycles. The Balaban J connectivity index is 1.62. The number of aliphatic imine (C=N–C) groups is 1. The first-order valence-corrected chi connectivity index (χ1v) is 10.7. The molecule has 1 saturated heterocycles. The van der Waals surface area contributed by atoms with Crippen LogP contribution in [0.1, 0.15) is 50.5 Å². The number of fused-ring (bicyclic) bond motifs is 1. The molecule has 0 unspecified atom stereocenters. The highest BCUT2D eigenvalue weighted by atomic mass is 19.1. The van der Waals surface area contributed by atoms with Crippen LogP contribution in [0.4, 0.5) is 15.9 Å². The minimum Gasteiger partial charge on any atom is -0.388 e. The molecule has 4 atom stereocenters. The van der Waals surface area contributed by atoms with Crippen LogP contribution in [0.25, 0.3) is 6.08 Å². The molecule has 166 valence electrons. The lowest BCUT2D eigenvalue weighted by Gasteiger charge is -2.26. The number of aliphatic hydroxyl groups excluding tert-OH is 2. The second-order valence-electron chi connectivity index (χ2n) is 8.04. The summed E-state index contributed by atoms with van der Waals surface area (Å²) in [5.41, 5.74) is 5.94. The summed E-state index contributed by atoms with van der Waals surface area (Å²) in [6.45, 7) is 4.43. The number of ether oxygens (including phenoxy) is 1. The molecular weight excluding hydrogens is 399 g/mol. The first-order valence-electron chi connectivity index (χ1n) is 10.7. The van der Waals surface area contributed by atoms with Gasteiger partial charge in [-0.15, -0.1) is 0 Å². The van der Waals surface area contributed by atoms with E-state index in [1.807, 2.05) is 11.2 Å². The first kappa shape index (κ1) is 21.5. The van der Waals surface area contributed by atoms with Crippen molar-refractivity contribution >= 4 is 23.9 Å². The van der Waals surface area contributed by atoms with Gasteiger partial charge in [-0.3, -0.25) is 10.4 Å². The fourth-order valence-electron chi connectivity index (χ4n) is 3.90. The van der Waals surface area contributed by atoms with Gasteiger partial charge in [-0.25, -0.2) is 9.38 Å². The zero-order valence-electron chi connectivity index (χ0n) is 17.8. The van der Waals surface area contributed by atoms with Crippen LogP contribution in [-0.2, 0) is 11.3 Å². The molecule has 0 amide bonds. The van der Waals surface area contributed by atoms with Crippen molar-refractivity contribution in [3.8, 4) is 0 Å². The van der Waals surface area contributed by atoms with Gasteiger partial charge in [0, 0.05) is 11.8 Å². The Morgan fingerprint density at radius 3 is 2.71 bits per heavy atom. The van der Waals surface area contributed by atoms with Gasteiger partial charge in [0.25, 0.3) is 0 Å². The van der Waals surface area contributed by atoms with Gasteiger partial charge < -0.3 is 19.5 Å². The molecule has 0 spiro atoms. The van der Waals surface area contributed by atoms with Crippen LogP contribution in [0.3, 0.4) is 0 Å². The minimum absolute atomic E-state index is 0.289. The van der Waals surface area contributed by atoms with Gasteiger partial charge in [0.15, 0.2) is 6.23 Å². The summed E-state index contributed by atoms with van der Waals surface area (Å²) in [7, 11) is 0. The van der Waals surface area contributed by atoms with Gasteiger partial charge in [-0.2, -0.15) is 0 Å². The average molecular weight is 429 g/mol. The fourth-order valence-corrected chi connectivity index (χ4v) is 3.90. The number of nitrogens with one attached hydrogen (secondary N) is 1. The van der Waals surface area contributed by atoms with Crippen molar-refractivity contribution < 1.29 is 19.3 Å². The second-order valence-corrected chi connectivity index (χ2v) is 8.04. The molecule has 0 radical (unpaired) electrons. The highest BCUT2D eigenvalue weighted by Crippen LogP contribution is 2.38. The molecule has 8 heteroatoms. The number of rotatable bonds is 7. The maximum Gasteiger partial charge on any atom is 0.164 e. The van der Waals surface area contributed by atoms with Gasteiger partial charge in [0.05, 0.1) is 18.3 Å². The Labute approximate surface area is 181 Å². The largest absolute Gasteiger partial charge is 0.388 e. The summed E-state index contributed by atoms with van der Waals surface area (Å²) in [4.78, 5) is 4.60. The lowest BCUT2D eigenvalue weighted by Crippen LogP contribution is -2.31. The monoisotopic (exact) mass is 428 g/mol. The highest BCUT2D eigenvalue weighted by Gasteiger charge is 2.42. The SMILES string of the molecule is CCCCC=Cc1cn([C@@H]2O[C@H](C)[C@@H](O)[C@H]2O)c2c1CN(Nc1ccc(F)cc1)C=N2. The van der Waals surface area contributed by atoms with Crippen molar-refractivity contribution in [1.29, 1.82) is 0 Å². The number of halogens is 1. The normalized spacial score (nSPS) is 25.4. The van der Waals surface area contributed by atoms with Crippen molar-refractivity contribution in [1.82, 2.24) is 9.58 Å². The Hall–Kier alpha value is -2.68. The van der Waals surface area contributed by atoms with Gasteiger partial charge in [0.2, 0.25) is 0 Å². The summed E-state index contributed by atoms with van der Waals surface area (Å²) < 4.78 is 20.8. The summed E-state index contributed by atoms with van der Waals surface area (Å²) in [6.07, 6.45) is 7.87. The Morgan fingerprint density at radius 1 is 1.26 bits per heavy atom. The number of hydrazine groups is 1. The molecule has 0 aliphatic carbocycles. The van der Waals surface area contributed by atoms with Crippen molar-refractivity contribution in [3.63, 3.8) is 0 Å². The number of aliphatic hydroxyl groups is 2. The lowest BCUT2D eigenvalue weighted by molar-refractivity contribution is -0.0309. The highest BCUT2D eigenvalue weighted by molar-refractivity contribution is 5.72. The van der Waals surface area contributed by atoms with E-state index in [9.17, 15) is 14.6 Å². The smallest absolute Gasteiger partial charge is 0.164 e. The summed E-state index contributed by atoms with van der Waals surface area (Å²) in [5, 5.41) is 22.5. The first-order chi connectivity index (χ1) is 15.0. The third kappa shape index (κ3) is 4.51. The molecule has 2 aliphatic rings. The summed E-state index contributed by atoms with van der Waals surface area (Å²) in [5.74, 6) is 0.404. The molecule has 1 fully saturated rings. The maximum absolute atomic E-state index is 13.2. The van der Waals surface area contributed by atoms with E-state index in [0.29, 0.717) is 12.4 Å². The van der Waals surface area contributed by atoms with Crippen LogP contribution in [-0.4, -0.2) is 44.4 Å². The van der Waals surface area contributed by atoms with E-state index in [-0.39, 0.29) is 5.82 Å². The predicted octanol–water partition coefficient (Wildman–Crippen LogP) is 3.97. The zero-order chi connectivity index (χ0) is 22.0. The van der Waals surface area contributed by atoms with E-state index in [4.69, 9.17) is 4.74 Å². The molecule has 7 nitrogen and oxygen atoms in total. The topological polar surface area (TPSA) is 82.2 Å². The van der Waals surface area contributed by atoms with Gasteiger partial charge in [0.1, 0.15) is 30.2 Å². The summed E-state index contributed by atoms with van der Waals surface area (Å²) >= 11 is 0. The molecule has 3 N–H and O–H groups in total. The average Bonchev–Trinajstić information content (AvgIpc) is 3.24. The number of unbranched alkanes of at least 4 members (excludes halogenated alkanes) is 2. The van der Waals surface area contributed by atoms with Crippen LogP contribution < -0.4 is 5.43 Å². The molecule has 0 saturated carbocycles. The van der Waals surface area contributed by atoms with E-state index in [1.165, 1.54) is 12.1 Å². The number of allylic oxidation sites excluding steroid dienone is 1. The number of benzene rings is 1. The quantitative estimate of drug-likeness (QED) is 0.582. The Morgan fingerprint density at radius 2 is 2.03 bits per heavy atom. The van der Waals surface area contributed by atoms with Crippen LogP contribution in [0.2, 0.25) is 0 Å².